The van der Waals surface area contributed by atoms with Gasteiger partial charge in [0.2, 0.25) is 0 Å². The molecule has 0 bridgehead atoms. The molecule has 0 aliphatic heterocycles. The maximum atomic E-state index is 11.6. The standard InChI is InChI=1S/C16H20N2O2S/c1-13-5-2-3-7-15(13)20-11-10-18-16(19)17-9-8-14-6-4-12-21-14/h2-7,12H,8-11H2,1H3,(H2,17,18,19). The van der Waals surface area contributed by atoms with Crippen molar-refractivity contribution in [1.82, 2.24) is 10.6 Å². The molecule has 5 heteroatoms. The number of carbonyl (C=O) groups is 1. The van der Waals surface area contributed by atoms with E-state index in [4.69, 9.17) is 4.74 Å². The molecule has 1 aromatic carbocycles. The van der Waals surface area contributed by atoms with E-state index < -0.39 is 0 Å². The summed E-state index contributed by atoms with van der Waals surface area (Å²) in [5.74, 6) is 0.859. The lowest BCUT2D eigenvalue weighted by Crippen LogP contribution is -2.38. The lowest BCUT2D eigenvalue weighted by atomic mass is 10.2. The number of amides is 2. The van der Waals surface area contributed by atoms with Crippen LogP contribution < -0.4 is 15.4 Å². The van der Waals surface area contributed by atoms with Crippen molar-refractivity contribution in [3.05, 3.63) is 52.2 Å². The van der Waals surface area contributed by atoms with Gasteiger partial charge >= 0.3 is 6.03 Å². The van der Waals surface area contributed by atoms with E-state index in [1.165, 1.54) is 4.88 Å². The number of hydrogen-bond donors (Lipinski definition) is 2. The zero-order chi connectivity index (χ0) is 14.9. The molecule has 2 N–H and O–H groups in total. The second-order valence-electron chi connectivity index (χ2n) is 4.63. The third-order valence-corrected chi connectivity index (χ3v) is 3.91. The number of para-hydroxylation sites is 1. The molecule has 0 unspecified atom stereocenters. The number of aryl methyl sites for hydroxylation is 1. The first kappa shape index (κ1) is 15.4. The third kappa shape index (κ3) is 5.47. The van der Waals surface area contributed by atoms with Crippen molar-refractivity contribution in [2.45, 2.75) is 13.3 Å². The van der Waals surface area contributed by atoms with E-state index in [1.807, 2.05) is 42.6 Å². The summed E-state index contributed by atoms with van der Waals surface area (Å²) >= 11 is 1.70. The molecule has 21 heavy (non-hydrogen) atoms. The average molecular weight is 304 g/mol. The van der Waals surface area contributed by atoms with Crippen LogP contribution in [0.1, 0.15) is 10.4 Å². The fourth-order valence-corrected chi connectivity index (χ4v) is 2.57. The Hall–Kier alpha value is -2.01. The van der Waals surface area contributed by atoms with Gasteiger partial charge in [-0.2, -0.15) is 0 Å². The minimum Gasteiger partial charge on any atom is -0.491 e. The minimum absolute atomic E-state index is 0.153. The van der Waals surface area contributed by atoms with Crippen molar-refractivity contribution < 1.29 is 9.53 Å². The van der Waals surface area contributed by atoms with Crippen LogP contribution in [0.25, 0.3) is 0 Å². The zero-order valence-electron chi connectivity index (χ0n) is 12.1. The zero-order valence-corrected chi connectivity index (χ0v) is 12.9. The molecule has 112 valence electrons. The van der Waals surface area contributed by atoms with Gasteiger partial charge in [0.25, 0.3) is 0 Å². The molecule has 0 saturated carbocycles. The Labute approximate surface area is 129 Å². The Bertz CT molecular complexity index is 555. The molecule has 0 fully saturated rings. The van der Waals surface area contributed by atoms with Crippen molar-refractivity contribution in [2.75, 3.05) is 19.7 Å². The summed E-state index contributed by atoms with van der Waals surface area (Å²) in [6.45, 7) is 3.59. The van der Waals surface area contributed by atoms with E-state index in [2.05, 4.69) is 16.7 Å². The number of nitrogens with one attached hydrogen (secondary N) is 2. The van der Waals surface area contributed by atoms with Crippen molar-refractivity contribution in [3.8, 4) is 5.75 Å². The Balaban J connectivity index is 1.56. The molecule has 0 atom stereocenters. The first-order valence-corrected chi connectivity index (χ1v) is 7.86. The SMILES string of the molecule is Cc1ccccc1OCCNC(=O)NCCc1cccs1. The van der Waals surface area contributed by atoms with Crippen LogP contribution in [-0.2, 0) is 6.42 Å². The van der Waals surface area contributed by atoms with Crippen LogP contribution in [0.15, 0.2) is 41.8 Å². The van der Waals surface area contributed by atoms with Crippen LogP contribution in [0.2, 0.25) is 0 Å². The summed E-state index contributed by atoms with van der Waals surface area (Å²) in [4.78, 5) is 12.9. The van der Waals surface area contributed by atoms with Crippen LogP contribution in [0.5, 0.6) is 5.75 Å². The maximum absolute atomic E-state index is 11.6. The summed E-state index contributed by atoms with van der Waals surface area (Å²) in [6.07, 6.45) is 0.866. The molecule has 2 amide bonds. The van der Waals surface area contributed by atoms with Gasteiger partial charge in [-0.05, 0) is 36.4 Å². The van der Waals surface area contributed by atoms with E-state index in [0.717, 1.165) is 17.7 Å². The van der Waals surface area contributed by atoms with Crippen LogP contribution in [0, 0.1) is 6.92 Å². The smallest absolute Gasteiger partial charge is 0.314 e. The molecule has 2 aromatic rings. The Morgan fingerprint density at radius 1 is 1.14 bits per heavy atom. The number of hydrogen-bond acceptors (Lipinski definition) is 3. The van der Waals surface area contributed by atoms with Gasteiger partial charge in [-0.1, -0.05) is 24.3 Å². The molecule has 1 heterocycles. The number of urea groups is 1. The highest BCUT2D eigenvalue weighted by Crippen LogP contribution is 2.15. The van der Waals surface area contributed by atoms with Crippen LogP contribution in [0.3, 0.4) is 0 Å². The Morgan fingerprint density at radius 2 is 1.95 bits per heavy atom. The summed E-state index contributed by atoms with van der Waals surface area (Å²) in [7, 11) is 0. The van der Waals surface area contributed by atoms with Crippen LogP contribution >= 0.6 is 11.3 Å². The van der Waals surface area contributed by atoms with Crippen molar-refractivity contribution in [2.24, 2.45) is 0 Å². The lowest BCUT2D eigenvalue weighted by Gasteiger charge is -2.10. The van der Waals surface area contributed by atoms with Gasteiger partial charge in [0.15, 0.2) is 0 Å². The summed E-state index contributed by atoms with van der Waals surface area (Å²) < 4.78 is 5.61. The highest BCUT2D eigenvalue weighted by atomic mass is 32.1. The fourth-order valence-electron chi connectivity index (χ4n) is 1.86. The van der Waals surface area contributed by atoms with E-state index in [9.17, 15) is 4.79 Å². The highest BCUT2D eigenvalue weighted by Gasteiger charge is 2.01. The molecule has 0 aliphatic carbocycles. The first-order chi connectivity index (χ1) is 10.3. The van der Waals surface area contributed by atoms with Gasteiger partial charge in [0, 0.05) is 11.4 Å². The van der Waals surface area contributed by atoms with E-state index >= 15 is 0 Å². The predicted octanol–water partition coefficient (Wildman–Crippen LogP) is 2.98. The van der Waals surface area contributed by atoms with Gasteiger partial charge in [-0.3, -0.25) is 0 Å². The number of benzene rings is 1. The second kappa shape index (κ2) is 8.32. The van der Waals surface area contributed by atoms with Gasteiger partial charge in [-0.15, -0.1) is 11.3 Å². The van der Waals surface area contributed by atoms with Crippen molar-refractivity contribution in [3.63, 3.8) is 0 Å². The monoisotopic (exact) mass is 304 g/mol. The molecule has 4 nitrogen and oxygen atoms in total. The largest absolute Gasteiger partial charge is 0.491 e. The van der Waals surface area contributed by atoms with Gasteiger partial charge < -0.3 is 15.4 Å². The second-order valence-corrected chi connectivity index (χ2v) is 5.66. The third-order valence-electron chi connectivity index (χ3n) is 2.98. The van der Waals surface area contributed by atoms with Gasteiger partial charge in [0.1, 0.15) is 12.4 Å². The molecule has 2 rings (SSSR count). The summed E-state index contributed by atoms with van der Waals surface area (Å²) in [5, 5.41) is 7.65. The Morgan fingerprint density at radius 3 is 2.71 bits per heavy atom. The van der Waals surface area contributed by atoms with E-state index in [0.29, 0.717) is 19.7 Å². The molecule has 0 radical (unpaired) electrons. The number of ether oxygens (including phenoxy) is 1. The quantitative estimate of drug-likeness (QED) is 0.773. The number of rotatable bonds is 7. The predicted molar refractivity (Wildman–Crippen MR) is 86.1 cm³/mol. The molecule has 0 spiro atoms. The van der Waals surface area contributed by atoms with Gasteiger partial charge in [-0.25, -0.2) is 4.79 Å². The summed E-state index contributed by atoms with van der Waals surface area (Å²) in [5.41, 5.74) is 1.10. The molecule has 1 aromatic heterocycles. The number of carbonyl (C=O) groups excluding carboxylic acids is 1. The molecular formula is C16H20N2O2S. The molecule has 0 saturated heterocycles. The molecule has 0 aliphatic rings. The van der Waals surface area contributed by atoms with E-state index in [-0.39, 0.29) is 6.03 Å². The lowest BCUT2D eigenvalue weighted by molar-refractivity contribution is 0.236. The van der Waals surface area contributed by atoms with Crippen molar-refractivity contribution in [1.29, 1.82) is 0 Å². The first-order valence-electron chi connectivity index (χ1n) is 6.98. The fraction of sp³-hybridized carbons (Fsp3) is 0.312. The van der Waals surface area contributed by atoms with Crippen LogP contribution in [-0.4, -0.2) is 25.7 Å². The topological polar surface area (TPSA) is 50.4 Å². The number of thiophene rings is 1. The highest BCUT2D eigenvalue weighted by molar-refractivity contribution is 7.09. The van der Waals surface area contributed by atoms with Gasteiger partial charge in [0.05, 0.1) is 6.54 Å². The maximum Gasteiger partial charge on any atom is 0.314 e. The van der Waals surface area contributed by atoms with E-state index in [1.54, 1.807) is 11.3 Å². The normalized spacial score (nSPS) is 10.1. The average Bonchev–Trinajstić information content (AvgIpc) is 2.98. The molecular weight excluding hydrogens is 284 g/mol. The van der Waals surface area contributed by atoms with Crippen molar-refractivity contribution >= 4 is 17.4 Å². The Kier molecular flexibility index (Phi) is 6.09. The minimum atomic E-state index is -0.153. The summed E-state index contributed by atoms with van der Waals surface area (Å²) in [6, 6.07) is 11.8. The van der Waals surface area contributed by atoms with Crippen LogP contribution in [0.4, 0.5) is 4.79 Å².